The molecule has 5 nitrogen and oxygen atoms in total. The molecular weight excluding hydrogens is 544 g/mol. The molecular formula is C21H31F5IN5. The largest absolute Gasteiger partial charge is 0.403 e. The van der Waals surface area contributed by atoms with Crippen molar-refractivity contribution >= 4 is 35.6 Å². The third-order valence-electron chi connectivity index (χ3n) is 6.02. The van der Waals surface area contributed by atoms with E-state index in [1.165, 1.54) is 17.9 Å². The van der Waals surface area contributed by atoms with Crippen LogP contribution in [-0.2, 0) is 0 Å². The number of rotatable bonds is 5. The van der Waals surface area contributed by atoms with Crippen molar-refractivity contribution in [2.24, 2.45) is 10.9 Å². The van der Waals surface area contributed by atoms with Gasteiger partial charge < -0.3 is 15.1 Å². The van der Waals surface area contributed by atoms with Gasteiger partial charge in [0.25, 0.3) is 0 Å². The highest BCUT2D eigenvalue weighted by Crippen LogP contribution is 2.26. The molecule has 0 saturated carbocycles. The van der Waals surface area contributed by atoms with Gasteiger partial charge in [0.2, 0.25) is 0 Å². The number of nitrogens with one attached hydrogen (secondary N) is 1. The first-order valence-electron chi connectivity index (χ1n) is 10.7. The lowest BCUT2D eigenvalue weighted by Crippen LogP contribution is -2.56. The molecule has 0 bridgehead atoms. The van der Waals surface area contributed by atoms with E-state index in [4.69, 9.17) is 4.99 Å². The van der Waals surface area contributed by atoms with Gasteiger partial charge in [-0.2, -0.15) is 13.2 Å². The van der Waals surface area contributed by atoms with Crippen LogP contribution >= 0.6 is 24.0 Å². The number of piperazine rings is 1. The summed E-state index contributed by atoms with van der Waals surface area (Å²) in [5.74, 6) is -0.724. The Kier molecular flexibility index (Phi) is 9.80. The minimum absolute atomic E-state index is 0. The first-order valence-corrected chi connectivity index (χ1v) is 10.7. The van der Waals surface area contributed by atoms with Crippen LogP contribution < -0.4 is 10.2 Å². The zero-order valence-corrected chi connectivity index (χ0v) is 20.7. The van der Waals surface area contributed by atoms with Crippen LogP contribution in [0.2, 0.25) is 0 Å². The summed E-state index contributed by atoms with van der Waals surface area (Å²) in [7, 11) is 0. The molecule has 0 aliphatic carbocycles. The van der Waals surface area contributed by atoms with E-state index < -0.39 is 23.9 Å². The minimum Gasteiger partial charge on any atom is -0.371 e. The fraction of sp³-hybridized carbons (Fsp3) is 0.667. The van der Waals surface area contributed by atoms with Crippen molar-refractivity contribution in [2.75, 3.05) is 57.3 Å². The van der Waals surface area contributed by atoms with Gasteiger partial charge in [0, 0.05) is 64.1 Å². The minimum atomic E-state index is -4.22. The molecule has 2 saturated heterocycles. The SMILES string of the molecule is CCNC(=NCC1CCN(c2ccc(F)c(F)c2)C1)N1CCN(C(C)C(F)(F)F)CC1.I. The zero-order chi connectivity index (χ0) is 22.6. The molecule has 0 spiro atoms. The predicted octanol–water partition coefficient (Wildman–Crippen LogP) is 3.94. The second-order valence-electron chi connectivity index (χ2n) is 8.13. The average Bonchev–Trinajstić information content (AvgIpc) is 3.21. The Balaban J connectivity index is 0.00000363. The fourth-order valence-electron chi connectivity index (χ4n) is 4.07. The summed E-state index contributed by atoms with van der Waals surface area (Å²) in [6.45, 7) is 7.48. The normalized spacial score (nSPS) is 21.5. The lowest BCUT2D eigenvalue weighted by atomic mass is 10.1. The van der Waals surface area contributed by atoms with E-state index in [-0.39, 0.29) is 29.9 Å². The summed E-state index contributed by atoms with van der Waals surface area (Å²) in [5.41, 5.74) is 0.659. The van der Waals surface area contributed by atoms with Crippen LogP contribution in [-0.4, -0.2) is 80.3 Å². The average molecular weight is 575 g/mol. The molecule has 32 heavy (non-hydrogen) atoms. The van der Waals surface area contributed by atoms with Gasteiger partial charge in [-0.25, -0.2) is 8.78 Å². The predicted molar refractivity (Wildman–Crippen MR) is 127 cm³/mol. The summed E-state index contributed by atoms with van der Waals surface area (Å²) in [6, 6.07) is 2.48. The molecule has 1 aromatic carbocycles. The van der Waals surface area contributed by atoms with Crippen molar-refractivity contribution in [3.8, 4) is 0 Å². The maximum absolute atomic E-state index is 13.5. The maximum atomic E-state index is 13.5. The quantitative estimate of drug-likeness (QED) is 0.250. The lowest BCUT2D eigenvalue weighted by molar-refractivity contribution is -0.181. The molecule has 2 unspecified atom stereocenters. The molecule has 11 heteroatoms. The van der Waals surface area contributed by atoms with Gasteiger partial charge in [0.15, 0.2) is 17.6 Å². The number of hydrogen-bond acceptors (Lipinski definition) is 3. The number of guanidine groups is 1. The van der Waals surface area contributed by atoms with Crippen LogP contribution in [0.5, 0.6) is 0 Å². The van der Waals surface area contributed by atoms with Crippen LogP contribution in [0.15, 0.2) is 23.2 Å². The molecule has 182 valence electrons. The number of alkyl halides is 3. The van der Waals surface area contributed by atoms with Crippen molar-refractivity contribution in [3.05, 3.63) is 29.8 Å². The number of aliphatic imine (C=N–C) groups is 1. The van der Waals surface area contributed by atoms with Crippen LogP contribution in [0.3, 0.4) is 0 Å². The molecule has 2 atom stereocenters. The number of nitrogens with zero attached hydrogens (tertiary/aromatic N) is 4. The summed E-state index contributed by atoms with van der Waals surface area (Å²) in [5, 5.41) is 3.24. The third kappa shape index (κ3) is 6.82. The summed E-state index contributed by atoms with van der Waals surface area (Å²) in [6.07, 6.45) is -3.33. The van der Waals surface area contributed by atoms with Gasteiger partial charge >= 0.3 is 6.18 Å². The smallest absolute Gasteiger partial charge is 0.371 e. The fourth-order valence-corrected chi connectivity index (χ4v) is 4.07. The van der Waals surface area contributed by atoms with Gasteiger partial charge in [0.1, 0.15) is 6.04 Å². The van der Waals surface area contributed by atoms with Crippen LogP contribution in [0.4, 0.5) is 27.6 Å². The van der Waals surface area contributed by atoms with Gasteiger partial charge in [-0.3, -0.25) is 9.89 Å². The summed E-state index contributed by atoms with van der Waals surface area (Å²) < 4.78 is 65.6. The van der Waals surface area contributed by atoms with Crippen LogP contribution in [0, 0.1) is 17.6 Å². The topological polar surface area (TPSA) is 34.1 Å². The van der Waals surface area contributed by atoms with E-state index in [0.29, 0.717) is 57.5 Å². The molecule has 0 radical (unpaired) electrons. The van der Waals surface area contributed by atoms with Crippen LogP contribution in [0.25, 0.3) is 0 Å². The molecule has 2 fully saturated rings. The molecule has 2 aliphatic rings. The van der Waals surface area contributed by atoms with Crippen molar-refractivity contribution in [3.63, 3.8) is 0 Å². The lowest BCUT2D eigenvalue weighted by Gasteiger charge is -2.39. The van der Waals surface area contributed by atoms with Crippen LogP contribution in [0.1, 0.15) is 20.3 Å². The van der Waals surface area contributed by atoms with E-state index in [9.17, 15) is 22.0 Å². The molecule has 0 aromatic heterocycles. The van der Waals surface area contributed by atoms with Crippen molar-refractivity contribution in [2.45, 2.75) is 32.5 Å². The molecule has 3 rings (SSSR count). The highest BCUT2D eigenvalue weighted by Gasteiger charge is 2.41. The Hall–Kier alpha value is -1.37. The Morgan fingerprint density at radius 3 is 2.41 bits per heavy atom. The third-order valence-corrected chi connectivity index (χ3v) is 6.02. The van der Waals surface area contributed by atoms with Crippen molar-refractivity contribution in [1.29, 1.82) is 0 Å². The summed E-state index contributed by atoms with van der Waals surface area (Å²) >= 11 is 0. The van der Waals surface area contributed by atoms with E-state index in [1.807, 2.05) is 16.7 Å². The highest BCUT2D eigenvalue weighted by molar-refractivity contribution is 14.0. The molecule has 1 N–H and O–H groups in total. The number of hydrogen-bond donors (Lipinski definition) is 1. The number of benzene rings is 1. The van der Waals surface area contributed by atoms with Crippen molar-refractivity contribution in [1.82, 2.24) is 15.1 Å². The highest BCUT2D eigenvalue weighted by atomic mass is 127. The second-order valence-corrected chi connectivity index (χ2v) is 8.13. The number of halogens is 6. The van der Waals surface area contributed by atoms with Gasteiger partial charge in [-0.15, -0.1) is 24.0 Å². The Morgan fingerprint density at radius 2 is 1.81 bits per heavy atom. The van der Waals surface area contributed by atoms with E-state index >= 15 is 0 Å². The first kappa shape index (κ1) is 26.9. The van der Waals surface area contributed by atoms with E-state index in [0.717, 1.165) is 19.0 Å². The van der Waals surface area contributed by atoms with Gasteiger partial charge in [-0.1, -0.05) is 0 Å². The summed E-state index contributed by atoms with van der Waals surface area (Å²) in [4.78, 5) is 10.2. The Labute approximate surface area is 203 Å². The maximum Gasteiger partial charge on any atom is 0.403 e. The molecule has 0 amide bonds. The van der Waals surface area contributed by atoms with E-state index in [1.54, 1.807) is 6.07 Å². The van der Waals surface area contributed by atoms with E-state index in [2.05, 4.69) is 5.32 Å². The second kappa shape index (κ2) is 11.7. The standard InChI is InChI=1S/C21H30F5N5.HI/c1-3-27-20(30-10-8-29(9-11-30)15(2)21(24,25)26)28-13-16-6-7-31(14-16)17-4-5-18(22)19(23)12-17;/h4-5,12,15-16H,3,6-11,13-14H2,1-2H3,(H,27,28);1H. The van der Waals surface area contributed by atoms with Crippen molar-refractivity contribution < 1.29 is 22.0 Å². The molecule has 2 heterocycles. The Morgan fingerprint density at radius 1 is 1.12 bits per heavy atom. The molecule has 1 aromatic rings. The van der Waals surface area contributed by atoms with Gasteiger partial charge in [0.05, 0.1) is 0 Å². The first-order chi connectivity index (χ1) is 14.7. The van der Waals surface area contributed by atoms with Gasteiger partial charge in [-0.05, 0) is 38.3 Å². The number of anilines is 1. The Bertz CT molecular complexity index is 767. The monoisotopic (exact) mass is 575 g/mol. The zero-order valence-electron chi connectivity index (χ0n) is 18.3. The molecule has 2 aliphatic heterocycles.